The number of aliphatic imine (C=N–C) groups is 1. The number of nitrogens with two attached hydrogens (primary N) is 1. The number of fused-ring (bicyclic) bond motifs is 6. The van der Waals surface area contributed by atoms with Gasteiger partial charge in [0.2, 0.25) is 0 Å². The third-order valence-electron chi connectivity index (χ3n) is 5.74. The van der Waals surface area contributed by atoms with E-state index in [0.717, 1.165) is 6.42 Å². The van der Waals surface area contributed by atoms with Gasteiger partial charge in [0.05, 0.1) is 9.62 Å². The van der Waals surface area contributed by atoms with Gasteiger partial charge >= 0.3 is 6.09 Å². The molecular weight excluding hydrogens is 383 g/mol. The van der Waals surface area contributed by atoms with Crippen LogP contribution in [0.2, 0.25) is 0 Å². The van der Waals surface area contributed by atoms with Crippen LogP contribution in [0.4, 0.5) is 15.0 Å². The van der Waals surface area contributed by atoms with E-state index in [0.29, 0.717) is 24.6 Å². The fourth-order valence-electron chi connectivity index (χ4n) is 4.14. The van der Waals surface area contributed by atoms with Crippen molar-refractivity contribution in [3.8, 4) is 0 Å². The van der Waals surface area contributed by atoms with Crippen LogP contribution in [-0.4, -0.2) is 45.3 Å². The lowest BCUT2D eigenvalue weighted by Crippen LogP contribution is -2.70. The van der Waals surface area contributed by atoms with E-state index in [1.54, 1.807) is 0 Å². The lowest BCUT2D eigenvalue weighted by Gasteiger charge is -2.60. The topological polar surface area (TPSA) is 114 Å². The number of amidine groups is 1. The Balaban J connectivity index is 1.99. The van der Waals surface area contributed by atoms with Gasteiger partial charge in [-0.15, -0.1) is 10.5 Å². The van der Waals surface area contributed by atoms with Crippen molar-refractivity contribution in [1.29, 1.82) is 0 Å². The number of carbonyl (C=O) groups is 1. The summed E-state index contributed by atoms with van der Waals surface area (Å²) < 4.78 is 19.7. The number of hydrogen-bond donors (Lipinski definition) is 4. The standard InChI is InChI=1S/C18H25FN6O2S/c1-16(2)14-24-15(26)27-9-21-12-6-5-11(19)13(23-12)17(3,25-14)18(7-4-8-20)22-10-28(16)18/h5-6,10,22H,4,7-9,20H2,1-3H3,(H,21,23)(H,24,25,26)/t17-,18?,28?/m1/s1. The molecule has 0 spiro atoms. The Kier molecular flexibility index (Phi) is 4.48. The van der Waals surface area contributed by atoms with Gasteiger partial charge in [-0.05, 0) is 52.3 Å². The Morgan fingerprint density at radius 3 is 2.82 bits per heavy atom. The fourth-order valence-corrected chi connectivity index (χ4v) is 7.07. The number of cyclic esters (lactones) is 1. The number of carbonyl (C=O) groups excluding carboxylic acids is 1. The molecule has 0 radical (unpaired) electrons. The summed E-state index contributed by atoms with van der Waals surface area (Å²) in [7, 11) is -0.358. The molecule has 1 aromatic heterocycles. The van der Waals surface area contributed by atoms with Crippen molar-refractivity contribution in [1.82, 2.24) is 15.6 Å². The SMILES string of the molecule is CC1(C)C2=N[C@](C)(c3nc(ccc3F)NCOC(=O)N2)C2(CCCN)NC=S12. The Labute approximate surface area is 165 Å². The van der Waals surface area contributed by atoms with Crippen LogP contribution in [0.3, 0.4) is 0 Å². The highest BCUT2D eigenvalue weighted by atomic mass is 32.2. The summed E-state index contributed by atoms with van der Waals surface area (Å²) in [6.07, 6.45) is 0.863. The minimum atomic E-state index is -1.04. The highest BCUT2D eigenvalue weighted by Crippen LogP contribution is 2.61. The zero-order valence-electron chi connectivity index (χ0n) is 16.1. The van der Waals surface area contributed by atoms with Crippen molar-refractivity contribution in [3.63, 3.8) is 0 Å². The maximum absolute atomic E-state index is 15.0. The zero-order valence-corrected chi connectivity index (χ0v) is 17.0. The second-order valence-electron chi connectivity index (χ2n) is 7.77. The van der Waals surface area contributed by atoms with Crippen molar-refractivity contribution >= 4 is 33.7 Å². The third kappa shape index (κ3) is 2.58. The van der Waals surface area contributed by atoms with E-state index in [2.05, 4.69) is 20.9 Å². The average molecular weight is 409 g/mol. The number of halogens is 1. The van der Waals surface area contributed by atoms with Crippen LogP contribution >= 0.6 is 10.5 Å². The molecule has 4 heterocycles. The molecular formula is C18H25FN6O2S. The van der Waals surface area contributed by atoms with Gasteiger partial charge < -0.3 is 15.8 Å². The van der Waals surface area contributed by atoms with E-state index in [1.165, 1.54) is 12.1 Å². The predicted molar refractivity (Wildman–Crippen MR) is 109 cm³/mol. The number of ether oxygens (including phenoxy) is 1. The van der Waals surface area contributed by atoms with Crippen molar-refractivity contribution < 1.29 is 13.9 Å². The average Bonchev–Trinajstić information content (AvgIpc) is 2.62. The van der Waals surface area contributed by atoms with E-state index in [1.807, 2.05) is 26.3 Å². The molecule has 0 saturated carbocycles. The van der Waals surface area contributed by atoms with Crippen LogP contribution in [0, 0.1) is 5.82 Å². The Hall–Kier alpha value is -2.04. The number of alkyl carbamates (subject to hydrolysis) is 1. The summed E-state index contributed by atoms with van der Waals surface area (Å²) >= 11 is 0. The Morgan fingerprint density at radius 1 is 1.36 bits per heavy atom. The van der Waals surface area contributed by atoms with E-state index < -0.39 is 27.1 Å². The number of rotatable bonds is 3. The predicted octanol–water partition coefficient (Wildman–Crippen LogP) is 1.80. The molecule has 0 aromatic carbocycles. The number of nitrogens with one attached hydrogen (secondary N) is 3. The molecule has 10 heteroatoms. The molecule has 3 atom stereocenters. The highest BCUT2D eigenvalue weighted by molar-refractivity contribution is 8.19. The minimum Gasteiger partial charge on any atom is -0.428 e. The summed E-state index contributed by atoms with van der Waals surface area (Å²) in [6.45, 7) is 6.38. The summed E-state index contributed by atoms with van der Waals surface area (Å²) in [5.41, 5.74) is 7.02. The first-order valence-electron chi connectivity index (χ1n) is 9.24. The quantitative estimate of drug-likeness (QED) is 0.567. The van der Waals surface area contributed by atoms with Gasteiger partial charge in [0.15, 0.2) is 6.73 Å². The van der Waals surface area contributed by atoms with E-state index in [-0.39, 0.29) is 22.9 Å². The number of anilines is 1. The smallest absolute Gasteiger partial charge is 0.414 e. The van der Waals surface area contributed by atoms with Gasteiger partial charge in [0.1, 0.15) is 28.7 Å². The summed E-state index contributed by atoms with van der Waals surface area (Å²) in [4.78, 5) is 21.2. The summed E-state index contributed by atoms with van der Waals surface area (Å²) in [6, 6.07) is 2.89. The van der Waals surface area contributed by atoms with Crippen LogP contribution in [0.25, 0.3) is 0 Å². The Bertz CT molecular complexity index is 904. The molecule has 3 aliphatic heterocycles. The maximum atomic E-state index is 15.0. The van der Waals surface area contributed by atoms with Crippen molar-refractivity contribution in [2.75, 3.05) is 18.6 Å². The van der Waals surface area contributed by atoms with Gasteiger partial charge in [-0.2, -0.15) is 0 Å². The van der Waals surface area contributed by atoms with Crippen LogP contribution in [0.15, 0.2) is 17.1 Å². The molecule has 0 saturated heterocycles. The first-order chi connectivity index (χ1) is 13.2. The number of amides is 1. The lowest BCUT2D eigenvalue weighted by molar-refractivity contribution is 0.159. The minimum absolute atomic E-state index is 0.0806. The van der Waals surface area contributed by atoms with Crippen LogP contribution in [0.1, 0.15) is 39.3 Å². The van der Waals surface area contributed by atoms with E-state index in [9.17, 15) is 4.79 Å². The molecule has 4 bridgehead atoms. The molecule has 4 rings (SSSR count). The summed E-state index contributed by atoms with van der Waals surface area (Å²) in [5.74, 6) is 0.454. The van der Waals surface area contributed by atoms with E-state index >= 15 is 4.39 Å². The fraction of sp³-hybridized carbons (Fsp3) is 0.556. The third-order valence-corrected chi connectivity index (χ3v) is 8.86. The molecule has 1 amide bonds. The second kappa shape index (κ2) is 6.50. The van der Waals surface area contributed by atoms with Crippen molar-refractivity contribution in [2.24, 2.45) is 10.7 Å². The molecule has 8 nitrogen and oxygen atoms in total. The molecule has 28 heavy (non-hydrogen) atoms. The van der Waals surface area contributed by atoms with Crippen molar-refractivity contribution in [2.45, 2.75) is 48.8 Å². The number of hydrogen-bond acceptors (Lipinski definition) is 7. The van der Waals surface area contributed by atoms with Gasteiger partial charge in [0, 0.05) is 5.49 Å². The van der Waals surface area contributed by atoms with Gasteiger partial charge in [-0.1, -0.05) is 0 Å². The molecule has 152 valence electrons. The first-order valence-corrected chi connectivity index (χ1v) is 10.5. The number of pyridine rings is 1. The van der Waals surface area contributed by atoms with Gasteiger partial charge in [-0.25, -0.2) is 14.2 Å². The number of aromatic nitrogens is 1. The normalized spacial score (nSPS) is 32.8. The maximum Gasteiger partial charge on any atom is 0.414 e. The number of nitrogens with zero attached hydrogens (tertiary/aromatic N) is 2. The van der Waals surface area contributed by atoms with E-state index in [4.69, 9.17) is 15.5 Å². The zero-order chi connectivity index (χ0) is 20.2. The van der Waals surface area contributed by atoms with Gasteiger partial charge in [0.25, 0.3) is 0 Å². The molecule has 0 fully saturated rings. The van der Waals surface area contributed by atoms with Crippen molar-refractivity contribution in [3.05, 3.63) is 23.6 Å². The van der Waals surface area contributed by atoms with Crippen LogP contribution in [0.5, 0.6) is 0 Å². The molecule has 1 aromatic rings. The van der Waals surface area contributed by atoms with Gasteiger partial charge in [-0.3, -0.25) is 15.6 Å². The highest BCUT2D eigenvalue weighted by Gasteiger charge is 2.63. The lowest BCUT2D eigenvalue weighted by atomic mass is 9.83. The first kappa shape index (κ1) is 19.3. The summed E-state index contributed by atoms with van der Waals surface area (Å²) in [5, 5.41) is 9.13. The molecule has 3 aliphatic rings. The largest absolute Gasteiger partial charge is 0.428 e. The van der Waals surface area contributed by atoms with Crippen LogP contribution in [-0.2, 0) is 10.3 Å². The molecule has 2 unspecified atom stereocenters. The monoisotopic (exact) mass is 408 g/mol. The second-order valence-corrected chi connectivity index (χ2v) is 10.4. The molecule has 5 N–H and O–H groups in total. The van der Waals surface area contributed by atoms with Crippen LogP contribution < -0.4 is 21.7 Å². The Morgan fingerprint density at radius 2 is 2.14 bits per heavy atom. The molecule has 0 aliphatic carbocycles.